The van der Waals surface area contributed by atoms with Crippen LogP contribution in [0.5, 0.6) is 17.2 Å². The molecule has 0 radical (unpaired) electrons. The van der Waals surface area contributed by atoms with Gasteiger partial charge in [-0.25, -0.2) is 0 Å². The Balaban J connectivity index is 1.28. The Labute approximate surface area is 254 Å². The normalized spacial score (nSPS) is 18.2. The smallest absolute Gasteiger partial charge is 0.128 e. The topological polar surface area (TPSA) is 62.0 Å². The van der Waals surface area contributed by atoms with Crippen molar-refractivity contribution >= 4 is 18.2 Å². The standard InChI is InChI=1S/C37H40O6/c1-7-32(16-31-17-33(11-8-26(31)4)39-21-37-23-41-37)43-35-13-10-25(3)30(19-35)15-28(6)42-34-12-9-24(2)29(18-34)14-27(5)38-20-36-22-40-36/h7-19,36-37H,1,20-23H2,2-6H3/b27-14+,28-15+,32-16+. The maximum atomic E-state index is 6.26. The Bertz CT molecular complexity index is 1560. The molecule has 0 amide bonds. The average molecular weight is 581 g/mol. The molecule has 2 unspecified atom stereocenters. The van der Waals surface area contributed by atoms with Crippen LogP contribution in [0.15, 0.2) is 84.5 Å². The molecule has 0 N–H and O–H groups in total. The molecule has 224 valence electrons. The lowest BCUT2D eigenvalue weighted by atomic mass is 10.1. The molecule has 6 heteroatoms. The predicted octanol–water partition coefficient (Wildman–Crippen LogP) is 8.21. The van der Waals surface area contributed by atoms with Gasteiger partial charge in [-0.3, -0.25) is 0 Å². The summed E-state index contributed by atoms with van der Waals surface area (Å²) in [5.74, 6) is 4.53. The summed E-state index contributed by atoms with van der Waals surface area (Å²) in [7, 11) is 0. The number of aryl methyl sites for hydroxylation is 3. The van der Waals surface area contributed by atoms with E-state index in [1.165, 1.54) is 0 Å². The van der Waals surface area contributed by atoms with E-state index in [-0.39, 0.29) is 12.2 Å². The van der Waals surface area contributed by atoms with Crippen molar-refractivity contribution in [1.29, 1.82) is 0 Å². The van der Waals surface area contributed by atoms with E-state index in [2.05, 4.69) is 33.4 Å². The van der Waals surface area contributed by atoms with Crippen LogP contribution in [0.25, 0.3) is 18.2 Å². The second-order valence-electron chi connectivity index (χ2n) is 11.1. The summed E-state index contributed by atoms with van der Waals surface area (Å²) >= 11 is 0. The van der Waals surface area contributed by atoms with Crippen LogP contribution in [0.4, 0.5) is 0 Å². The van der Waals surface area contributed by atoms with E-state index in [1.54, 1.807) is 6.08 Å². The highest BCUT2D eigenvalue weighted by Gasteiger charge is 2.23. The van der Waals surface area contributed by atoms with Crippen LogP contribution in [0.2, 0.25) is 0 Å². The van der Waals surface area contributed by atoms with Crippen molar-refractivity contribution in [1.82, 2.24) is 0 Å². The van der Waals surface area contributed by atoms with Crippen molar-refractivity contribution in [2.24, 2.45) is 0 Å². The molecule has 2 fully saturated rings. The fourth-order valence-corrected chi connectivity index (χ4v) is 4.40. The van der Waals surface area contributed by atoms with E-state index in [9.17, 15) is 0 Å². The third-order valence-electron chi connectivity index (χ3n) is 7.22. The minimum atomic E-state index is 0.208. The molecule has 43 heavy (non-hydrogen) atoms. The summed E-state index contributed by atoms with van der Waals surface area (Å²) in [5.41, 5.74) is 6.44. The zero-order valence-corrected chi connectivity index (χ0v) is 25.6. The summed E-state index contributed by atoms with van der Waals surface area (Å²) in [6.07, 6.45) is 8.18. The lowest BCUT2D eigenvalue weighted by Crippen LogP contribution is -2.04. The molecule has 0 saturated carbocycles. The van der Waals surface area contributed by atoms with E-state index in [1.807, 2.05) is 80.6 Å². The number of ether oxygens (including phenoxy) is 6. The number of allylic oxidation sites excluding steroid dienone is 3. The predicted molar refractivity (Wildman–Crippen MR) is 171 cm³/mol. The molecule has 2 aliphatic rings. The Kier molecular flexibility index (Phi) is 9.70. The van der Waals surface area contributed by atoms with Crippen molar-refractivity contribution in [3.05, 3.63) is 118 Å². The van der Waals surface area contributed by atoms with Crippen LogP contribution in [0, 0.1) is 20.8 Å². The molecule has 0 bridgehead atoms. The SMILES string of the molecule is C=C/C(=C\c1cc(OCC2CO2)ccc1C)Oc1ccc(C)c(/C=C(\C)Oc2ccc(C)c(/C=C(\C)OCC3CO3)c2)c1. The minimum Gasteiger partial charge on any atom is -0.495 e. The highest BCUT2D eigenvalue weighted by Crippen LogP contribution is 2.27. The van der Waals surface area contributed by atoms with Crippen molar-refractivity contribution in [3.8, 4) is 17.2 Å². The number of rotatable bonds is 14. The van der Waals surface area contributed by atoms with Crippen LogP contribution in [0.3, 0.4) is 0 Å². The fourth-order valence-electron chi connectivity index (χ4n) is 4.40. The summed E-state index contributed by atoms with van der Waals surface area (Å²) in [5, 5.41) is 0. The molecule has 2 saturated heterocycles. The van der Waals surface area contributed by atoms with Gasteiger partial charge in [-0.05, 0) is 129 Å². The van der Waals surface area contributed by atoms with Gasteiger partial charge >= 0.3 is 0 Å². The summed E-state index contributed by atoms with van der Waals surface area (Å²) in [4.78, 5) is 0. The number of epoxide rings is 2. The van der Waals surface area contributed by atoms with Crippen LogP contribution in [-0.2, 0) is 14.2 Å². The van der Waals surface area contributed by atoms with Crippen molar-refractivity contribution < 1.29 is 28.4 Å². The van der Waals surface area contributed by atoms with Gasteiger partial charge in [0.2, 0.25) is 0 Å². The molecule has 0 spiro atoms. The largest absolute Gasteiger partial charge is 0.495 e. The highest BCUT2D eigenvalue weighted by molar-refractivity contribution is 5.62. The first-order valence-corrected chi connectivity index (χ1v) is 14.6. The lowest BCUT2D eigenvalue weighted by Gasteiger charge is -2.12. The lowest BCUT2D eigenvalue weighted by molar-refractivity contribution is 0.187. The Hall–Kier alpha value is -4.26. The Morgan fingerprint density at radius 1 is 0.698 bits per heavy atom. The average Bonchev–Trinajstić information content (AvgIpc) is 3.91. The van der Waals surface area contributed by atoms with E-state index >= 15 is 0 Å². The summed E-state index contributed by atoms with van der Waals surface area (Å²) in [6, 6.07) is 18.1. The molecule has 3 aromatic rings. The summed E-state index contributed by atoms with van der Waals surface area (Å²) in [6.45, 7) is 16.8. The van der Waals surface area contributed by atoms with Crippen LogP contribution in [-0.4, -0.2) is 38.6 Å². The van der Waals surface area contributed by atoms with Gasteiger partial charge in [0.15, 0.2) is 0 Å². The number of benzene rings is 3. The van der Waals surface area contributed by atoms with Gasteiger partial charge in [0.25, 0.3) is 0 Å². The van der Waals surface area contributed by atoms with Crippen molar-refractivity contribution in [2.45, 2.75) is 46.8 Å². The minimum absolute atomic E-state index is 0.208. The molecular weight excluding hydrogens is 540 g/mol. The van der Waals surface area contributed by atoms with Gasteiger partial charge in [0, 0.05) is 0 Å². The Morgan fingerprint density at radius 3 is 1.77 bits per heavy atom. The van der Waals surface area contributed by atoms with Crippen molar-refractivity contribution in [3.63, 3.8) is 0 Å². The van der Waals surface area contributed by atoms with E-state index in [4.69, 9.17) is 28.4 Å². The zero-order valence-electron chi connectivity index (χ0n) is 25.6. The first-order chi connectivity index (χ1) is 20.7. The Morgan fingerprint density at radius 2 is 1.19 bits per heavy atom. The van der Waals surface area contributed by atoms with Crippen molar-refractivity contribution in [2.75, 3.05) is 26.4 Å². The molecule has 6 nitrogen and oxygen atoms in total. The fraction of sp³-hybridized carbons (Fsp3) is 0.297. The molecule has 2 atom stereocenters. The maximum Gasteiger partial charge on any atom is 0.128 e. The first-order valence-electron chi connectivity index (χ1n) is 14.6. The van der Waals surface area contributed by atoms with Gasteiger partial charge in [-0.1, -0.05) is 24.8 Å². The second kappa shape index (κ2) is 13.8. The molecule has 5 rings (SSSR count). The zero-order chi connectivity index (χ0) is 30.3. The van der Waals surface area contributed by atoms with Gasteiger partial charge in [0.05, 0.1) is 19.0 Å². The van der Waals surface area contributed by atoms with Gasteiger partial charge in [-0.2, -0.15) is 0 Å². The second-order valence-corrected chi connectivity index (χ2v) is 11.1. The highest BCUT2D eigenvalue weighted by atomic mass is 16.6. The first kappa shape index (κ1) is 30.2. The van der Waals surface area contributed by atoms with E-state index in [0.717, 1.165) is 69.6 Å². The van der Waals surface area contributed by atoms with Crippen LogP contribution < -0.4 is 14.2 Å². The van der Waals surface area contributed by atoms with Gasteiger partial charge in [-0.15, -0.1) is 0 Å². The molecule has 0 aromatic heterocycles. The van der Waals surface area contributed by atoms with Gasteiger partial charge in [0.1, 0.15) is 54.2 Å². The maximum absolute atomic E-state index is 6.26. The quantitative estimate of drug-likeness (QED) is 0.109. The third kappa shape index (κ3) is 9.11. The molecule has 3 aromatic carbocycles. The number of hydrogen-bond donors (Lipinski definition) is 0. The number of hydrogen-bond acceptors (Lipinski definition) is 6. The monoisotopic (exact) mass is 580 g/mol. The van der Waals surface area contributed by atoms with E-state index in [0.29, 0.717) is 24.7 Å². The van der Waals surface area contributed by atoms with Crippen LogP contribution >= 0.6 is 0 Å². The molecule has 2 heterocycles. The van der Waals surface area contributed by atoms with Crippen LogP contribution in [0.1, 0.15) is 47.2 Å². The molecular formula is C37H40O6. The summed E-state index contributed by atoms with van der Waals surface area (Å²) < 4.78 is 34.6. The van der Waals surface area contributed by atoms with E-state index < -0.39 is 0 Å². The third-order valence-corrected chi connectivity index (χ3v) is 7.22. The molecule has 0 aliphatic carbocycles. The molecule has 2 aliphatic heterocycles. The van der Waals surface area contributed by atoms with Gasteiger partial charge < -0.3 is 28.4 Å².